The van der Waals surface area contributed by atoms with E-state index in [1.54, 1.807) is 0 Å². The molecular formula is C17H17N3O7. The first-order chi connectivity index (χ1) is 12.7. The number of esters is 2. The van der Waals surface area contributed by atoms with Crippen LogP contribution in [0.1, 0.15) is 31.1 Å². The molecule has 0 aliphatic heterocycles. The molecule has 2 aromatic rings. The maximum Gasteiger partial charge on any atom is 0.337 e. The fourth-order valence-corrected chi connectivity index (χ4v) is 2.33. The van der Waals surface area contributed by atoms with Crippen molar-refractivity contribution in [2.75, 3.05) is 19.5 Å². The van der Waals surface area contributed by atoms with Crippen LogP contribution in [0.25, 0.3) is 0 Å². The molecule has 0 aliphatic rings. The van der Waals surface area contributed by atoms with E-state index in [1.807, 2.05) is 0 Å². The number of nitrogens with one attached hydrogen (secondary N) is 1. The Bertz CT molecular complexity index is 1020. The van der Waals surface area contributed by atoms with Gasteiger partial charge in [0.2, 0.25) is 0 Å². The lowest BCUT2D eigenvalue weighted by atomic mass is 10.1. The summed E-state index contributed by atoms with van der Waals surface area (Å²) in [4.78, 5) is 59.9. The fraction of sp³-hybridized carbons (Fsp3) is 0.235. The Kier molecular flexibility index (Phi) is 5.59. The Labute approximate surface area is 152 Å². The van der Waals surface area contributed by atoms with Crippen LogP contribution in [-0.2, 0) is 23.6 Å². The largest absolute Gasteiger partial charge is 0.465 e. The van der Waals surface area contributed by atoms with E-state index in [4.69, 9.17) is 0 Å². The van der Waals surface area contributed by atoms with Crippen LogP contribution in [0, 0.1) is 0 Å². The summed E-state index contributed by atoms with van der Waals surface area (Å²) in [6.45, 7) is 0. The smallest absolute Gasteiger partial charge is 0.337 e. The summed E-state index contributed by atoms with van der Waals surface area (Å²) >= 11 is 0. The van der Waals surface area contributed by atoms with Gasteiger partial charge in [0.25, 0.3) is 11.5 Å². The van der Waals surface area contributed by atoms with E-state index in [9.17, 15) is 24.0 Å². The minimum atomic E-state index is -0.816. The molecule has 1 aromatic carbocycles. The third-order valence-corrected chi connectivity index (χ3v) is 3.72. The van der Waals surface area contributed by atoms with Crippen LogP contribution in [0.3, 0.4) is 0 Å². The Morgan fingerprint density at radius 3 is 1.93 bits per heavy atom. The predicted octanol–water partition coefficient (Wildman–Crippen LogP) is -0.0905. The Balaban J connectivity index is 2.49. The minimum Gasteiger partial charge on any atom is -0.465 e. The second-order valence-corrected chi connectivity index (χ2v) is 5.54. The van der Waals surface area contributed by atoms with Gasteiger partial charge in [0.1, 0.15) is 5.56 Å². The van der Waals surface area contributed by atoms with E-state index in [0.29, 0.717) is 0 Å². The summed E-state index contributed by atoms with van der Waals surface area (Å²) < 4.78 is 11.1. The maximum absolute atomic E-state index is 12.5. The summed E-state index contributed by atoms with van der Waals surface area (Å²) in [5.41, 5.74) is -1.58. The fourth-order valence-electron chi connectivity index (χ4n) is 2.33. The number of hydrogen-bond donors (Lipinski definition) is 1. The molecule has 0 bridgehead atoms. The zero-order chi connectivity index (χ0) is 20.3. The normalized spacial score (nSPS) is 10.2. The molecule has 1 aromatic heterocycles. The lowest BCUT2D eigenvalue weighted by molar-refractivity contribution is 0.0599. The van der Waals surface area contributed by atoms with Crippen LogP contribution in [0.15, 0.2) is 34.0 Å². The summed E-state index contributed by atoms with van der Waals surface area (Å²) in [6.07, 6.45) is 1.10. The number of carbonyl (C=O) groups excluding carboxylic acids is 3. The lowest BCUT2D eigenvalue weighted by Crippen LogP contribution is -2.40. The SMILES string of the molecule is COC(=O)c1cc(NC(=O)c2cn(C)c(=O)n(C)c2=O)cc(C(=O)OC)c1. The van der Waals surface area contributed by atoms with Crippen LogP contribution >= 0.6 is 0 Å². The molecule has 0 radical (unpaired) electrons. The zero-order valence-corrected chi connectivity index (χ0v) is 15.1. The molecular weight excluding hydrogens is 358 g/mol. The highest BCUT2D eigenvalue weighted by atomic mass is 16.5. The number of aryl methyl sites for hydroxylation is 1. The Hall–Kier alpha value is -3.69. The van der Waals surface area contributed by atoms with E-state index >= 15 is 0 Å². The number of methoxy groups -OCH3 is 2. The van der Waals surface area contributed by atoms with E-state index in [2.05, 4.69) is 14.8 Å². The van der Waals surface area contributed by atoms with Crippen molar-refractivity contribution in [3.05, 3.63) is 61.9 Å². The number of carbonyl (C=O) groups is 3. The Morgan fingerprint density at radius 1 is 0.926 bits per heavy atom. The molecule has 1 N–H and O–H groups in total. The van der Waals surface area contributed by atoms with Gasteiger partial charge in [-0.1, -0.05) is 0 Å². The molecule has 10 heteroatoms. The predicted molar refractivity (Wildman–Crippen MR) is 94.0 cm³/mol. The van der Waals surface area contributed by atoms with Gasteiger partial charge in [-0.05, 0) is 18.2 Å². The van der Waals surface area contributed by atoms with E-state index in [1.165, 1.54) is 46.5 Å². The summed E-state index contributed by atoms with van der Waals surface area (Å²) in [5.74, 6) is -2.27. The highest BCUT2D eigenvalue weighted by Crippen LogP contribution is 2.17. The number of aromatic nitrogens is 2. The maximum atomic E-state index is 12.5. The van der Waals surface area contributed by atoms with Crippen molar-refractivity contribution in [1.29, 1.82) is 0 Å². The van der Waals surface area contributed by atoms with Crippen LogP contribution in [-0.4, -0.2) is 41.2 Å². The molecule has 27 heavy (non-hydrogen) atoms. The van der Waals surface area contributed by atoms with Crippen molar-refractivity contribution >= 4 is 23.5 Å². The molecule has 1 amide bonds. The molecule has 10 nitrogen and oxygen atoms in total. The third kappa shape index (κ3) is 3.94. The molecule has 0 atom stereocenters. The number of benzene rings is 1. The van der Waals surface area contributed by atoms with E-state index < -0.39 is 29.1 Å². The van der Waals surface area contributed by atoms with Crippen molar-refractivity contribution in [2.45, 2.75) is 0 Å². The van der Waals surface area contributed by atoms with Crippen molar-refractivity contribution in [1.82, 2.24) is 9.13 Å². The van der Waals surface area contributed by atoms with Gasteiger partial charge in [0.15, 0.2) is 0 Å². The van der Waals surface area contributed by atoms with Gasteiger partial charge in [0.05, 0.1) is 25.3 Å². The van der Waals surface area contributed by atoms with Crippen LogP contribution < -0.4 is 16.6 Å². The molecule has 0 fully saturated rings. The average Bonchev–Trinajstić information content (AvgIpc) is 2.67. The third-order valence-electron chi connectivity index (χ3n) is 3.72. The standard InChI is InChI=1S/C17H17N3O7/c1-19-8-12(14(22)20(2)17(19)25)13(21)18-11-6-9(15(23)26-3)5-10(7-11)16(24)27-4/h5-8H,1-4H3,(H,18,21). The molecule has 0 spiro atoms. The minimum absolute atomic E-state index is 0.00376. The van der Waals surface area contributed by atoms with Crippen molar-refractivity contribution < 1.29 is 23.9 Å². The van der Waals surface area contributed by atoms with Gasteiger partial charge in [-0.3, -0.25) is 14.2 Å². The zero-order valence-electron chi connectivity index (χ0n) is 15.1. The first-order valence-electron chi connectivity index (χ1n) is 7.59. The van der Waals surface area contributed by atoms with Crippen molar-refractivity contribution in [3.63, 3.8) is 0 Å². The Morgan fingerprint density at radius 2 is 1.44 bits per heavy atom. The molecule has 0 saturated carbocycles. The first-order valence-corrected chi connectivity index (χ1v) is 7.59. The molecule has 1 heterocycles. The van der Waals surface area contributed by atoms with Gasteiger partial charge in [-0.2, -0.15) is 0 Å². The van der Waals surface area contributed by atoms with Gasteiger partial charge < -0.3 is 19.4 Å². The first kappa shape index (κ1) is 19.6. The van der Waals surface area contributed by atoms with Crippen molar-refractivity contribution in [3.8, 4) is 0 Å². The molecule has 142 valence electrons. The number of amides is 1. The summed E-state index contributed by atoms with van der Waals surface area (Å²) in [5, 5.41) is 2.43. The molecule has 0 aliphatic carbocycles. The monoisotopic (exact) mass is 375 g/mol. The summed E-state index contributed by atoms with van der Waals surface area (Å²) in [7, 11) is 4.97. The quantitative estimate of drug-likeness (QED) is 0.740. The van der Waals surface area contributed by atoms with Crippen molar-refractivity contribution in [2.24, 2.45) is 14.1 Å². The molecule has 0 saturated heterocycles. The molecule has 0 unspecified atom stereocenters. The van der Waals surface area contributed by atoms with Gasteiger partial charge in [-0.15, -0.1) is 0 Å². The van der Waals surface area contributed by atoms with E-state index in [0.717, 1.165) is 15.3 Å². The molecule has 2 rings (SSSR count). The van der Waals surface area contributed by atoms with Gasteiger partial charge in [0, 0.05) is 26.0 Å². The second-order valence-electron chi connectivity index (χ2n) is 5.54. The number of hydrogen-bond acceptors (Lipinski definition) is 7. The average molecular weight is 375 g/mol. The lowest BCUT2D eigenvalue weighted by Gasteiger charge is -2.10. The second kappa shape index (κ2) is 7.68. The van der Waals surface area contributed by atoms with Crippen LogP contribution in [0.4, 0.5) is 5.69 Å². The highest BCUT2D eigenvalue weighted by Gasteiger charge is 2.18. The summed E-state index contributed by atoms with van der Waals surface area (Å²) in [6, 6.07) is 3.81. The topological polar surface area (TPSA) is 126 Å². The van der Waals surface area contributed by atoms with Crippen LogP contribution in [0.2, 0.25) is 0 Å². The number of ether oxygens (including phenoxy) is 2. The number of rotatable bonds is 4. The van der Waals surface area contributed by atoms with Gasteiger partial charge >= 0.3 is 17.6 Å². The van der Waals surface area contributed by atoms with Crippen LogP contribution in [0.5, 0.6) is 0 Å². The van der Waals surface area contributed by atoms with E-state index in [-0.39, 0.29) is 22.4 Å². The number of anilines is 1. The highest BCUT2D eigenvalue weighted by molar-refractivity contribution is 6.05. The number of nitrogens with zero attached hydrogens (tertiary/aromatic N) is 2. The van der Waals surface area contributed by atoms with Gasteiger partial charge in [-0.25, -0.2) is 14.4 Å².